The molecule has 1 N–H and O–H groups in total. The second kappa shape index (κ2) is 9.39. The second-order valence-electron chi connectivity index (χ2n) is 7.87. The van der Waals surface area contributed by atoms with E-state index in [-0.39, 0.29) is 25.4 Å². The number of para-hydroxylation sites is 1. The van der Waals surface area contributed by atoms with Crippen LogP contribution in [0.3, 0.4) is 0 Å². The fraction of sp³-hybridized carbons (Fsp3) is 0.364. The molecule has 3 aromatic rings. The van der Waals surface area contributed by atoms with E-state index in [0.29, 0.717) is 5.52 Å². The Morgan fingerprint density at radius 1 is 1.07 bits per heavy atom. The molecule has 1 heterocycles. The molecule has 0 fully saturated rings. The number of aromatic nitrogens is 3. The first kappa shape index (κ1) is 21.3. The summed E-state index contributed by atoms with van der Waals surface area (Å²) in [5.74, 6) is -0.351. The van der Waals surface area contributed by atoms with Gasteiger partial charge in [-0.1, -0.05) is 47.7 Å². The Balaban J connectivity index is 1.70. The van der Waals surface area contributed by atoms with Crippen LogP contribution in [0.15, 0.2) is 54.6 Å². The highest BCUT2D eigenvalue weighted by atomic mass is 16.6. The van der Waals surface area contributed by atoms with Crippen LogP contribution in [0.25, 0.3) is 11.0 Å². The lowest BCUT2D eigenvalue weighted by Crippen LogP contribution is -2.34. The first-order chi connectivity index (χ1) is 14.3. The molecule has 0 aliphatic rings. The molecule has 0 aliphatic carbocycles. The number of hydrogen-bond acceptors (Lipinski definition) is 6. The van der Waals surface area contributed by atoms with Gasteiger partial charge in [0.25, 0.3) is 0 Å². The van der Waals surface area contributed by atoms with Crippen molar-refractivity contribution in [3.63, 3.8) is 0 Å². The zero-order valence-electron chi connectivity index (χ0n) is 17.4. The molecule has 0 saturated carbocycles. The van der Waals surface area contributed by atoms with E-state index in [1.807, 2.05) is 75.4 Å². The molecule has 158 valence electrons. The van der Waals surface area contributed by atoms with Crippen LogP contribution in [-0.2, 0) is 20.9 Å². The van der Waals surface area contributed by atoms with E-state index >= 15 is 0 Å². The van der Waals surface area contributed by atoms with E-state index in [9.17, 15) is 9.59 Å². The molecule has 0 radical (unpaired) electrons. The smallest absolute Gasteiger partial charge is 0.409 e. The number of ether oxygens (including phenoxy) is 2. The molecule has 1 aromatic heterocycles. The molecule has 0 aliphatic heterocycles. The maximum Gasteiger partial charge on any atom is 0.409 e. The molecule has 1 amide bonds. The van der Waals surface area contributed by atoms with Crippen molar-refractivity contribution < 1.29 is 19.1 Å². The van der Waals surface area contributed by atoms with Gasteiger partial charge in [0.1, 0.15) is 23.9 Å². The summed E-state index contributed by atoms with van der Waals surface area (Å²) < 4.78 is 12.3. The summed E-state index contributed by atoms with van der Waals surface area (Å²) in [5, 5.41) is 11.1. The molecule has 8 heteroatoms. The Morgan fingerprint density at radius 3 is 2.50 bits per heavy atom. The van der Waals surface area contributed by atoms with Crippen molar-refractivity contribution in [2.24, 2.45) is 0 Å². The van der Waals surface area contributed by atoms with Gasteiger partial charge in [0.2, 0.25) is 0 Å². The zero-order chi connectivity index (χ0) is 21.6. The number of esters is 1. The normalized spacial score (nSPS) is 12.4. The summed E-state index contributed by atoms with van der Waals surface area (Å²) in [4.78, 5) is 24.6. The standard InChI is InChI=1S/C22H26N4O4/c1-22(2,3)30-20(27)14-13-19(26-18-12-8-7-11-17(18)24-25-26)23-21(28)29-15-16-9-5-4-6-10-16/h4-12,19H,13-15H2,1-3H3,(H,23,28). The van der Waals surface area contributed by atoms with Crippen LogP contribution in [-0.4, -0.2) is 32.7 Å². The maximum absolute atomic E-state index is 12.4. The number of benzene rings is 2. The molecular formula is C22H26N4O4. The van der Waals surface area contributed by atoms with Crippen LogP contribution in [0.2, 0.25) is 0 Å². The van der Waals surface area contributed by atoms with E-state index in [4.69, 9.17) is 9.47 Å². The van der Waals surface area contributed by atoms with Crippen molar-refractivity contribution in [2.45, 2.75) is 52.0 Å². The minimum Gasteiger partial charge on any atom is -0.460 e. The van der Waals surface area contributed by atoms with Gasteiger partial charge in [-0.25, -0.2) is 9.48 Å². The molecule has 2 aromatic carbocycles. The Morgan fingerprint density at radius 2 is 1.77 bits per heavy atom. The fourth-order valence-electron chi connectivity index (χ4n) is 2.92. The average molecular weight is 410 g/mol. The van der Waals surface area contributed by atoms with Crippen LogP contribution in [0.1, 0.15) is 45.3 Å². The number of fused-ring (bicyclic) bond motifs is 1. The van der Waals surface area contributed by atoms with Gasteiger partial charge in [-0.15, -0.1) is 5.10 Å². The minimum absolute atomic E-state index is 0.106. The quantitative estimate of drug-likeness (QED) is 0.592. The second-order valence-corrected chi connectivity index (χ2v) is 7.87. The van der Waals surface area contributed by atoms with Crippen molar-refractivity contribution in [2.75, 3.05) is 0 Å². The van der Waals surface area contributed by atoms with Crippen molar-refractivity contribution in [3.8, 4) is 0 Å². The average Bonchev–Trinajstić information content (AvgIpc) is 3.13. The van der Waals surface area contributed by atoms with Crippen molar-refractivity contribution >= 4 is 23.1 Å². The predicted molar refractivity (Wildman–Crippen MR) is 111 cm³/mol. The summed E-state index contributed by atoms with van der Waals surface area (Å²) >= 11 is 0. The summed E-state index contributed by atoms with van der Waals surface area (Å²) in [7, 11) is 0. The summed E-state index contributed by atoms with van der Waals surface area (Å²) in [6.07, 6.45) is -0.835. The third kappa shape index (κ3) is 6.04. The third-order valence-corrected chi connectivity index (χ3v) is 4.21. The summed E-state index contributed by atoms with van der Waals surface area (Å²) in [6, 6.07) is 16.8. The lowest BCUT2D eigenvalue weighted by Gasteiger charge is -2.22. The highest BCUT2D eigenvalue weighted by molar-refractivity contribution is 5.75. The summed E-state index contributed by atoms with van der Waals surface area (Å²) in [6.45, 7) is 5.58. The van der Waals surface area contributed by atoms with Crippen LogP contribution in [0, 0.1) is 0 Å². The molecule has 0 bridgehead atoms. The van der Waals surface area contributed by atoms with E-state index in [0.717, 1.165) is 11.1 Å². The van der Waals surface area contributed by atoms with Crippen LogP contribution >= 0.6 is 0 Å². The maximum atomic E-state index is 12.4. The number of carbonyl (C=O) groups excluding carboxylic acids is 2. The van der Waals surface area contributed by atoms with E-state index in [2.05, 4.69) is 15.6 Å². The van der Waals surface area contributed by atoms with E-state index < -0.39 is 17.9 Å². The number of hydrogen-bond donors (Lipinski definition) is 1. The molecule has 1 atom stereocenters. The van der Waals surface area contributed by atoms with Gasteiger partial charge in [0, 0.05) is 6.42 Å². The molecule has 0 spiro atoms. The number of alkyl carbamates (subject to hydrolysis) is 1. The van der Waals surface area contributed by atoms with Crippen LogP contribution < -0.4 is 5.32 Å². The largest absolute Gasteiger partial charge is 0.460 e. The summed E-state index contributed by atoms with van der Waals surface area (Å²) in [5.41, 5.74) is 1.74. The number of amides is 1. The highest BCUT2D eigenvalue weighted by Gasteiger charge is 2.22. The van der Waals surface area contributed by atoms with E-state index in [1.165, 1.54) is 0 Å². The predicted octanol–water partition coefficient (Wildman–Crippen LogP) is 3.98. The zero-order valence-corrected chi connectivity index (χ0v) is 17.4. The molecular weight excluding hydrogens is 384 g/mol. The van der Waals surface area contributed by atoms with E-state index in [1.54, 1.807) is 4.68 Å². The van der Waals surface area contributed by atoms with Gasteiger partial charge in [-0.05, 0) is 44.9 Å². The molecule has 8 nitrogen and oxygen atoms in total. The Kier molecular flexibility index (Phi) is 6.66. The number of nitrogens with one attached hydrogen (secondary N) is 1. The van der Waals surface area contributed by atoms with Gasteiger partial charge < -0.3 is 9.47 Å². The van der Waals surface area contributed by atoms with Gasteiger partial charge in [0.15, 0.2) is 0 Å². The monoisotopic (exact) mass is 410 g/mol. The first-order valence-corrected chi connectivity index (χ1v) is 9.81. The van der Waals surface area contributed by atoms with Gasteiger partial charge in [-0.3, -0.25) is 10.1 Å². The Hall–Kier alpha value is -3.42. The van der Waals surface area contributed by atoms with Gasteiger partial charge >= 0.3 is 12.1 Å². The first-order valence-electron chi connectivity index (χ1n) is 9.81. The Labute approximate surface area is 175 Å². The molecule has 0 saturated heterocycles. The van der Waals surface area contributed by atoms with Crippen molar-refractivity contribution in [1.29, 1.82) is 0 Å². The lowest BCUT2D eigenvalue weighted by molar-refractivity contribution is -0.155. The van der Waals surface area contributed by atoms with Crippen LogP contribution in [0.5, 0.6) is 0 Å². The lowest BCUT2D eigenvalue weighted by atomic mass is 10.2. The number of nitrogens with zero attached hydrogens (tertiary/aromatic N) is 3. The van der Waals surface area contributed by atoms with Gasteiger partial charge in [-0.2, -0.15) is 0 Å². The topological polar surface area (TPSA) is 95.3 Å². The third-order valence-electron chi connectivity index (χ3n) is 4.21. The Bertz CT molecular complexity index is 995. The molecule has 3 rings (SSSR count). The van der Waals surface area contributed by atoms with Crippen LogP contribution in [0.4, 0.5) is 4.79 Å². The van der Waals surface area contributed by atoms with Crippen molar-refractivity contribution in [3.05, 3.63) is 60.2 Å². The minimum atomic E-state index is -0.617. The van der Waals surface area contributed by atoms with Crippen molar-refractivity contribution in [1.82, 2.24) is 20.3 Å². The molecule has 1 unspecified atom stereocenters. The number of carbonyl (C=O) groups is 2. The fourth-order valence-corrected chi connectivity index (χ4v) is 2.92. The molecule has 30 heavy (non-hydrogen) atoms. The highest BCUT2D eigenvalue weighted by Crippen LogP contribution is 2.19. The SMILES string of the molecule is CC(C)(C)OC(=O)CCC(NC(=O)OCc1ccccc1)n1nnc2ccccc21. The van der Waals surface area contributed by atoms with Gasteiger partial charge in [0.05, 0.1) is 5.52 Å². The number of rotatable bonds is 7.